The Bertz CT molecular complexity index is 816. The normalized spacial score (nSPS) is 16.4. The van der Waals surface area contributed by atoms with Gasteiger partial charge in [0, 0.05) is 38.1 Å². The van der Waals surface area contributed by atoms with E-state index in [1.807, 2.05) is 11.0 Å². The van der Waals surface area contributed by atoms with E-state index in [0.717, 1.165) is 26.2 Å². The monoisotopic (exact) mass is 343 g/mol. The number of fused-ring (bicyclic) bond motifs is 1. The molecule has 1 aromatic carbocycles. The van der Waals surface area contributed by atoms with Crippen LogP contribution in [0.25, 0.3) is 10.9 Å². The summed E-state index contributed by atoms with van der Waals surface area (Å²) in [6.07, 6.45) is 0.266. The summed E-state index contributed by atoms with van der Waals surface area (Å²) in [5, 5.41) is 8.53. The number of rotatable bonds is 3. The van der Waals surface area contributed by atoms with Crippen LogP contribution in [0.4, 0.5) is 0 Å². The Hall–Kier alpha value is -2.28. The second-order valence-electron chi connectivity index (χ2n) is 7.42. The number of aryl methyl sites for hydroxylation is 1. The maximum atomic E-state index is 12.4. The molecule has 3 rings (SSSR count). The number of carbonyl (C=O) groups excluding carboxylic acids is 1. The average Bonchev–Trinajstić information content (AvgIpc) is 2.60. The molecule has 1 aliphatic rings. The first kappa shape index (κ1) is 17.5. The van der Waals surface area contributed by atoms with Crippen molar-refractivity contribution in [3.63, 3.8) is 0 Å². The number of amides is 1. The van der Waals surface area contributed by atoms with Gasteiger partial charge in [-0.2, -0.15) is 0 Å². The predicted molar refractivity (Wildman–Crippen MR) is 96.3 cm³/mol. The summed E-state index contributed by atoms with van der Waals surface area (Å²) in [4.78, 5) is 29.1. The zero-order valence-corrected chi connectivity index (χ0v) is 15.1. The van der Waals surface area contributed by atoms with Gasteiger partial charge in [-0.25, -0.2) is 4.68 Å². The van der Waals surface area contributed by atoms with Crippen LogP contribution in [-0.4, -0.2) is 62.4 Å². The number of aromatic nitrogens is 3. The zero-order chi connectivity index (χ0) is 18.0. The number of piperazine rings is 1. The van der Waals surface area contributed by atoms with Crippen LogP contribution in [0.15, 0.2) is 29.1 Å². The lowest BCUT2D eigenvalue weighted by atomic mass is 10.0. The van der Waals surface area contributed by atoms with E-state index in [0.29, 0.717) is 10.9 Å². The molecule has 2 aromatic rings. The topological polar surface area (TPSA) is 71.3 Å². The third-order valence-corrected chi connectivity index (χ3v) is 4.75. The fraction of sp³-hybridized carbons (Fsp3) is 0.556. The lowest BCUT2D eigenvalue weighted by Crippen LogP contribution is -2.54. The molecule has 7 nitrogen and oxygen atoms in total. The first-order valence-electron chi connectivity index (χ1n) is 8.71. The van der Waals surface area contributed by atoms with Crippen molar-refractivity contribution in [2.24, 2.45) is 0 Å². The standard InChI is InChI=1S/C18H25N5O2/c1-18(2,3)22-12-10-21(11-13-22)16(24)8-9-23-17(25)14-6-4-5-7-15(14)19-20-23/h4-7H,8-13H2,1-3H3. The van der Waals surface area contributed by atoms with Crippen LogP contribution in [0.2, 0.25) is 0 Å². The van der Waals surface area contributed by atoms with E-state index in [-0.39, 0.29) is 30.0 Å². The molecular weight excluding hydrogens is 318 g/mol. The van der Waals surface area contributed by atoms with Crippen molar-refractivity contribution < 1.29 is 4.79 Å². The number of hydrogen-bond acceptors (Lipinski definition) is 5. The highest BCUT2D eigenvalue weighted by molar-refractivity contribution is 5.77. The SMILES string of the molecule is CC(C)(C)N1CCN(C(=O)CCn2nnc3ccccc3c2=O)CC1. The average molecular weight is 343 g/mol. The second kappa shape index (κ2) is 6.92. The van der Waals surface area contributed by atoms with Gasteiger partial charge in [0.1, 0.15) is 5.52 Å². The molecule has 1 saturated heterocycles. The molecule has 1 aromatic heterocycles. The van der Waals surface area contributed by atoms with Crippen molar-refractivity contribution in [3.05, 3.63) is 34.6 Å². The quantitative estimate of drug-likeness (QED) is 0.835. The van der Waals surface area contributed by atoms with Crippen LogP contribution in [0.5, 0.6) is 0 Å². The van der Waals surface area contributed by atoms with Gasteiger partial charge in [0.25, 0.3) is 5.56 Å². The first-order valence-corrected chi connectivity index (χ1v) is 8.71. The lowest BCUT2D eigenvalue weighted by Gasteiger charge is -2.42. The van der Waals surface area contributed by atoms with E-state index in [1.165, 1.54) is 4.68 Å². The fourth-order valence-corrected chi connectivity index (χ4v) is 3.16. The summed E-state index contributed by atoms with van der Waals surface area (Å²) in [7, 11) is 0. The van der Waals surface area contributed by atoms with E-state index < -0.39 is 0 Å². The van der Waals surface area contributed by atoms with Gasteiger partial charge in [-0.15, -0.1) is 5.10 Å². The molecule has 0 radical (unpaired) electrons. The van der Waals surface area contributed by atoms with Crippen molar-refractivity contribution in [2.45, 2.75) is 39.3 Å². The van der Waals surface area contributed by atoms with Crippen LogP contribution in [0.3, 0.4) is 0 Å². The molecule has 134 valence electrons. The van der Waals surface area contributed by atoms with Gasteiger partial charge in [-0.3, -0.25) is 14.5 Å². The molecule has 0 aliphatic carbocycles. The lowest BCUT2D eigenvalue weighted by molar-refractivity contribution is -0.134. The first-order chi connectivity index (χ1) is 11.9. The van der Waals surface area contributed by atoms with Gasteiger partial charge < -0.3 is 4.90 Å². The van der Waals surface area contributed by atoms with Gasteiger partial charge >= 0.3 is 0 Å². The highest BCUT2D eigenvalue weighted by atomic mass is 16.2. The molecule has 0 saturated carbocycles. The van der Waals surface area contributed by atoms with E-state index in [1.54, 1.807) is 18.2 Å². The molecule has 0 N–H and O–H groups in total. The molecule has 2 heterocycles. The van der Waals surface area contributed by atoms with E-state index >= 15 is 0 Å². The van der Waals surface area contributed by atoms with Crippen LogP contribution in [0, 0.1) is 0 Å². The molecule has 0 bridgehead atoms. The maximum Gasteiger partial charge on any atom is 0.277 e. The second-order valence-corrected chi connectivity index (χ2v) is 7.42. The summed E-state index contributed by atoms with van der Waals surface area (Å²) < 4.78 is 1.28. The third-order valence-electron chi connectivity index (χ3n) is 4.75. The Morgan fingerprint density at radius 3 is 2.48 bits per heavy atom. The minimum absolute atomic E-state index is 0.0652. The molecular formula is C18H25N5O2. The molecule has 0 unspecified atom stereocenters. The van der Waals surface area contributed by atoms with Crippen molar-refractivity contribution in [1.82, 2.24) is 24.8 Å². The van der Waals surface area contributed by atoms with Crippen LogP contribution in [0.1, 0.15) is 27.2 Å². The minimum atomic E-state index is -0.198. The Morgan fingerprint density at radius 2 is 1.80 bits per heavy atom. The summed E-state index contributed by atoms with van der Waals surface area (Å²) in [5.74, 6) is 0.0652. The highest BCUT2D eigenvalue weighted by Gasteiger charge is 2.27. The largest absolute Gasteiger partial charge is 0.340 e. The Balaban J connectivity index is 1.60. The molecule has 7 heteroatoms. The fourth-order valence-electron chi connectivity index (χ4n) is 3.16. The van der Waals surface area contributed by atoms with Gasteiger partial charge in [-0.1, -0.05) is 17.3 Å². The zero-order valence-electron chi connectivity index (χ0n) is 15.1. The third kappa shape index (κ3) is 3.87. The Labute approximate surface area is 147 Å². The Morgan fingerprint density at radius 1 is 1.12 bits per heavy atom. The minimum Gasteiger partial charge on any atom is -0.340 e. The van der Waals surface area contributed by atoms with Gasteiger partial charge in [0.05, 0.1) is 11.9 Å². The molecule has 25 heavy (non-hydrogen) atoms. The van der Waals surface area contributed by atoms with Crippen LogP contribution in [-0.2, 0) is 11.3 Å². The van der Waals surface area contributed by atoms with Crippen molar-refractivity contribution in [2.75, 3.05) is 26.2 Å². The van der Waals surface area contributed by atoms with E-state index in [2.05, 4.69) is 36.0 Å². The van der Waals surface area contributed by atoms with Crippen molar-refractivity contribution in [3.8, 4) is 0 Å². The van der Waals surface area contributed by atoms with E-state index in [9.17, 15) is 9.59 Å². The van der Waals surface area contributed by atoms with Crippen molar-refractivity contribution in [1.29, 1.82) is 0 Å². The molecule has 1 amide bonds. The number of hydrogen-bond donors (Lipinski definition) is 0. The number of nitrogens with zero attached hydrogens (tertiary/aromatic N) is 5. The van der Waals surface area contributed by atoms with Crippen LogP contribution < -0.4 is 5.56 Å². The molecule has 1 fully saturated rings. The summed E-state index contributed by atoms with van der Waals surface area (Å²) >= 11 is 0. The van der Waals surface area contributed by atoms with E-state index in [4.69, 9.17) is 0 Å². The molecule has 1 aliphatic heterocycles. The van der Waals surface area contributed by atoms with Gasteiger partial charge in [0.15, 0.2) is 0 Å². The smallest absolute Gasteiger partial charge is 0.277 e. The summed E-state index contributed by atoms with van der Waals surface area (Å²) in [6.45, 7) is 10.0. The highest BCUT2D eigenvalue weighted by Crippen LogP contribution is 2.16. The Kier molecular flexibility index (Phi) is 4.85. The number of benzene rings is 1. The molecule has 0 spiro atoms. The van der Waals surface area contributed by atoms with Gasteiger partial charge in [-0.05, 0) is 32.9 Å². The number of carbonyl (C=O) groups is 1. The predicted octanol–water partition coefficient (Wildman–Crippen LogP) is 1.12. The summed E-state index contributed by atoms with van der Waals surface area (Å²) in [5.41, 5.74) is 0.507. The molecule has 0 atom stereocenters. The maximum absolute atomic E-state index is 12.4. The van der Waals surface area contributed by atoms with Crippen LogP contribution >= 0.6 is 0 Å². The van der Waals surface area contributed by atoms with Crippen molar-refractivity contribution >= 4 is 16.8 Å². The van der Waals surface area contributed by atoms with Gasteiger partial charge in [0.2, 0.25) is 5.91 Å². The summed E-state index contributed by atoms with van der Waals surface area (Å²) in [6, 6.07) is 7.11.